The molecule has 0 aliphatic rings. The predicted octanol–water partition coefficient (Wildman–Crippen LogP) is 4.02. The highest BCUT2D eigenvalue weighted by atomic mass is 35.5. The van der Waals surface area contributed by atoms with Crippen molar-refractivity contribution in [2.75, 3.05) is 5.73 Å². The quantitative estimate of drug-likeness (QED) is 0.823. The fourth-order valence-corrected chi connectivity index (χ4v) is 2.14. The van der Waals surface area contributed by atoms with Crippen molar-refractivity contribution >= 4 is 17.3 Å². The second-order valence-electron chi connectivity index (χ2n) is 4.26. The zero-order chi connectivity index (χ0) is 14.9. The molecule has 1 atom stereocenters. The number of rotatable bonds is 2. The average molecular weight is 302 g/mol. The van der Waals surface area contributed by atoms with Gasteiger partial charge in [-0.25, -0.2) is 0 Å². The van der Waals surface area contributed by atoms with Gasteiger partial charge in [-0.3, -0.25) is 0 Å². The first-order valence-electron chi connectivity index (χ1n) is 5.70. The predicted molar refractivity (Wildman–Crippen MR) is 71.4 cm³/mol. The van der Waals surface area contributed by atoms with E-state index in [0.29, 0.717) is 5.02 Å². The minimum absolute atomic E-state index is 0.141. The van der Waals surface area contributed by atoms with Crippen molar-refractivity contribution in [1.29, 1.82) is 0 Å². The molecule has 0 aromatic heterocycles. The molecule has 2 nitrogen and oxygen atoms in total. The number of nitrogen functional groups attached to an aromatic ring is 1. The smallest absolute Gasteiger partial charge is 0.398 e. The summed E-state index contributed by atoms with van der Waals surface area (Å²) in [6.45, 7) is 0. The van der Waals surface area contributed by atoms with E-state index in [-0.39, 0.29) is 16.8 Å². The molecule has 2 aromatic carbocycles. The Balaban J connectivity index is 2.51. The van der Waals surface area contributed by atoms with Crippen molar-refractivity contribution in [3.8, 4) is 0 Å². The summed E-state index contributed by atoms with van der Waals surface area (Å²) in [6, 6.07) is 9.11. The molecule has 2 aromatic rings. The van der Waals surface area contributed by atoms with E-state index in [1.807, 2.05) is 0 Å². The van der Waals surface area contributed by atoms with Gasteiger partial charge in [-0.1, -0.05) is 35.9 Å². The summed E-state index contributed by atoms with van der Waals surface area (Å²) in [5.41, 5.74) is 4.89. The van der Waals surface area contributed by atoms with Crippen LogP contribution in [-0.4, -0.2) is 5.11 Å². The van der Waals surface area contributed by atoms with Crippen molar-refractivity contribution in [2.45, 2.75) is 12.3 Å². The molecule has 0 amide bonds. The number of anilines is 1. The Morgan fingerprint density at radius 1 is 1.05 bits per heavy atom. The van der Waals surface area contributed by atoms with Gasteiger partial charge in [0.05, 0.1) is 5.56 Å². The lowest BCUT2D eigenvalue weighted by atomic mass is 9.95. The first-order valence-corrected chi connectivity index (χ1v) is 6.07. The minimum Gasteiger partial charge on any atom is -0.398 e. The van der Waals surface area contributed by atoms with Crippen LogP contribution in [0.15, 0.2) is 42.5 Å². The number of hydrogen-bond acceptors (Lipinski definition) is 2. The molecular formula is C14H11ClF3NO. The lowest BCUT2D eigenvalue weighted by Gasteiger charge is -2.19. The maximum absolute atomic E-state index is 12.9. The molecule has 6 heteroatoms. The van der Waals surface area contributed by atoms with E-state index in [1.54, 1.807) is 0 Å². The normalized spacial score (nSPS) is 13.2. The maximum atomic E-state index is 12.9. The van der Waals surface area contributed by atoms with Gasteiger partial charge in [0, 0.05) is 16.3 Å². The molecule has 1 unspecified atom stereocenters. The molecule has 3 N–H and O–H groups in total. The van der Waals surface area contributed by atoms with Gasteiger partial charge in [0.2, 0.25) is 0 Å². The molecular weight excluding hydrogens is 291 g/mol. The zero-order valence-electron chi connectivity index (χ0n) is 10.2. The summed E-state index contributed by atoms with van der Waals surface area (Å²) < 4.78 is 38.8. The molecule has 0 aliphatic heterocycles. The van der Waals surface area contributed by atoms with Crippen LogP contribution in [0.4, 0.5) is 18.9 Å². The Hall–Kier alpha value is -1.72. The van der Waals surface area contributed by atoms with Gasteiger partial charge in [0.15, 0.2) is 0 Å². The van der Waals surface area contributed by atoms with Crippen LogP contribution in [0.3, 0.4) is 0 Å². The highest BCUT2D eigenvalue weighted by Crippen LogP contribution is 2.37. The van der Waals surface area contributed by atoms with Gasteiger partial charge < -0.3 is 10.8 Å². The number of benzene rings is 2. The summed E-state index contributed by atoms with van der Waals surface area (Å²) in [6.07, 6.45) is -6.01. The van der Waals surface area contributed by atoms with Crippen LogP contribution in [0.25, 0.3) is 0 Å². The molecule has 0 fully saturated rings. The summed E-state index contributed by atoms with van der Waals surface area (Å²) in [5, 5.41) is 10.5. The largest absolute Gasteiger partial charge is 0.416 e. The third-order valence-corrected chi connectivity index (χ3v) is 3.14. The van der Waals surface area contributed by atoms with Crippen molar-refractivity contribution in [3.63, 3.8) is 0 Å². The highest BCUT2D eigenvalue weighted by Gasteiger charge is 2.35. The average Bonchev–Trinajstić information content (AvgIpc) is 2.37. The lowest BCUT2D eigenvalue weighted by molar-refractivity contribution is -0.139. The Morgan fingerprint density at radius 3 is 2.30 bits per heavy atom. The maximum Gasteiger partial charge on any atom is 0.416 e. The van der Waals surface area contributed by atoms with Gasteiger partial charge >= 0.3 is 6.18 Å². The standard InChI is InChI=1S/C14H11ClF3NO/c15-8-5-6-10(12(19)7-8)13(20)9-3-1-2-4-11(9)14(16,17)18/h1-7,13,20H,19H2. The molecule has 106 valence electrons. The van der Waals surface area contributed by atoms with E-state index in [9.17, 15) is 18.3 Å². The summed E-state index contributed by atoms with van der Waals surface area (Å²) in [7, 11) is 0. The molecule has 0 saturated heterocycles. The van der Waals surface area contributed by atoms with Crippen molar-refractivity contribution < 1.29 is 18.3 Å². The Bertz CT molecular complexity index is 628. The van der Waals surface area contributed by atoms with Crippen LogP contribution < -0.4 is 5.73 Å². The molecule has 0 heterocycles. The monoisotopic (exact) mass is 301 g/mol. The molecule has 20 heavy (non-hydrogen) atoms. The number of halogens is 4. The van der Waals surface area contributed by atoms with Gasteiger partial charge in [-0.2, -0.15) is 13.2 Å². The molecule has 0 spiro atoms. The zero-order valence-corrected chi connectivity index (χ0v) is 10.9. The number of aliphatic hydroxyl groups excluding tert-OH is 1. The summed E-state index contributed by atoms with van der Waals surface area (Å²) in [4.78, 5) is 0. The fourth-order valence-electron chi connectivity index (χ4n) is 1.96. The van der Waals surface area contributed by atoms with Gasteiger partial charge in [-0.05, 0) is 23.8 Å². The highest BCUT2D eigenvalue weighted by molar-refractivity contribution is 6.30. The first kappa shape index (κ1) is 14.7. The number of alkyl halides is 3. The van der Waals surface area contributed by atoms with E-state index < -0.39 is 17.8 Å². The number of aliphatic hydroxyl groups is 1. The molecule has 0 aliphatic carbocycles. The van der Waals surface area contributed by atoms with Crippen LogP contribution in [0.1, 0.15) is 22.8 Å². The molecule has 0 saturated carbocycles. The molecule has 0 radical (unpaired) electrons. The fraction of sp³-hybridized carbons (Fsp3) is 0.143. The van der Waals surface area contributed by atoms with E-state index >= 15 is 0 Å². The lowest BCUT2D eigenvalue weighted by Crippen LogP contribution is -2.13. The summed E-state index contributed by atoms with van der Waals surface area (Å²) in [5.74, 6) is 0. The molecule has 0 bridgehead atoms. The van der Waals surface area contributed by atoms with Crippen LogP contribution in [0.2, 0.25) is 5.02 Å². The van der Waals surface area contributed by atoms with Crippen LogP contribution >= 0.6 is 11.6 Å². The Kier molecular flexibility index (Phi) is 3.92. The van der Waals surface area contributed by atoms with E-state index in [0.717, 1.165) is 6.07 Å². The Morgan fingerprint density at radius 2 is 1.70 bits per heavy atom. The van der Waals surface area contributed by atoms with Crippen molar-refractivity contribution in [2.24, 2.45) is 0 Å². The van der Waals surface area contributed by atoms with Crippen molar-refractivity contribution in [1.82, 2.24) is 0 Å². The van der Waals surface area contributed by atoms with E-state index in [1.165, 1.54) is 36.4 Å². The van der Waals surface area contributed by atoms with Gasteiger partial charge in [-0.15, -0.1) is 0 Å². The van der Waals surface area contributed by atoms with Gasteiger partial charge in [0.25, 0.3) is 0 Å². The minimum atomic E-state index is -4.54. The Labute approximate surface area is 118 Å². The third-order valence-electron chi connectivity index (χ3n) is 2.90. The van der Waals surface area contributed by atoms with Crippen LogP contribution in [-0.2, 0) is 6.18 Å². The topological polar surface area (TPSA) is 46.2 Å². The van der Waals surface area contributed by atoms with Gasteiger partial charge in [0.1, 0.15) is 6.10 Å². The summed E-state index contributed by atoms with van der Waals surface area (Å²) >= 11 is 5.73. The molecule has 2 rings (SSSR count). The van der Waals surface area contributed by atoms with E-state index in [2.05, 4.69) is 0 Å². The van der Waals surface area contributed by atoms with Crippen LogP contribution in [0.5, 0.6) is 0 Å². The number of nitrogens with two attached hydrogens (primary N) is 1. The first-order chi connectivity index (χ1) is 9.30. The van der Waals surface area contributed by atoms with Crippen molar-refractivity contribution in [3.05, 3.63) is 64.2 Å². The number of hydrogen-bond donors (Lipinski definition) is 2. The second kappa shape index (κ2) is 5.34. The van der Waals surface area contributed by atoms with E-state index in [4.69, 9.17) is 17.3 Å². The van der Waals surface area contributed by atoms with Crippen LogP contribution in [0, 0.1) is 0 Å². The second-order valence-corrected chi connectivity index (χ2v) is 4.70. The third kappa shape index (κ3) is 2.89. The SMILES string of the molecule is Nc1cc(Cl)ccc1C(O)c1ccccc1C(F)(F)F.